The van der Waals surface area contributed by atoms with E-state index in [-0.39, 0.29) is 12.1 Å². The summed E-state index contributed by atoms with van der Waals surface area (Å²) < 4.78 is 0. The monoisotopic (exact) mass is 428 g/mol. The molecule has 0 spiro atoms. The molecule has 0 unspecified atom stereocenters. The first kappa shape index (κ1) is 21.4. The van der Waals surface area contributed by atoms with Crippen LogP contribution in [0.1, 0.15) is 31.2 Å². The number of aromatic nitrogens is 1. The summed E-state index contributed by atoms with van der Waals surface area (Å²) in [4.78, 5) is 20.8. The van der Waals surface area contributed by atoms with Gasteiger partial charge in [-0.15, -0.1) is 0 Å². The smallest absolute Gasteiger partial charge is 0.319 e. The number of hydrogen-bond acceptors (Lipinski definition) is 5. The molecule has 3 N–H and O–H groups in total. The number of nitrogens with zero attached hydrogens (tertiary/aromatic N) is 4. The highest BCUT2D eigenvalue weighted by atomic mass is 16.2. The fraction of sp³-hybridized carbons (Fsp3) is 0.320. The van der Waals surface area contributed by atoms with E-state index in [0.29, 0.717) is 5.56 Å². The molecule has 0 saturated heterocycles. The van der Waals surface area contributed by atoms with Crippen LogP contribution < -0.4 is 20.9 Å². The molecule has 1 aliphatic rings. The van der Waals surface area contributed by atoms with E-state index in [1.54, 1.807) is 29.2 Å². The first-order valence-corrected chi connectivity index (χ1v) is 10.9. The number of carbonyl (C=O) groups is 1. The predicted molar refractivity (Wildman–Crippen MR) is 129 cm³/mol. The fourth-order valence-corrected chi connectivity index (χ4v) is 4.50. The van der Waals surface area contributed by atoms with Crippen molar-refractivity contribution in [3.05, 3.63) is 60.2 Å². The molecule has 164 valence electrons. The maximum atomic E-state index is 12.2. The molecule has 0 atom stereocenters. The summed E-state index contributed by atoms with van der Waals surface area (Å²) in [6.45, 7) is 0. The van der Waals surface area contributed by atoms with Crippen LogP contribution in [0.2, 0.25) is 0 Å². The van der Waals surface area contributed by atoms with Gasteiger partial charge in [0.05, 0.1) is 17.1 Å². The Hall–Kier alpha value is -3.79. The third-order valence-electron chi connectivity index (χ3n) is 6.10. The summed E-state index contributed by atoms with van der Waals surface area (Å²) in [6.07, 6.45) is 3.51. The number of anilines is 3. The summed E-state index contributed by atoms with van der Waals surface area (Å²) in [6, 6.07) is 19.2. The van der Waals surface area contributed by atoms with E-state index < -0.39 is 6.03 Å². The van der Waals surface area contributed by atoms with Crippen molar-refractivity contribution in [2.24, 2.45) is 5.73 Å². The molecule has 1 aromatic heterocycles. The Labute approximate surface area is 188 Å². The van der Waals surface area contributed by atoms with Crippen molar-refractivity contribution in [3.8, 4) is 6.07 Å². The van der Waals surface area contributed by atoms with E-state index in [9.17, 15) is 4.79 Å². The quantitative estimate of drug-likeness (QED) is 0.624. The Morgan fingerprint density at radius 1 is 1.09 bits per heavy atom. The van der Waals surface area contributed by atoms with Gasteiger partial charge in [-0.3, -0.25) is 4.90 Å². The molecule has 2 aromatic carbocycles. The number of hydrogen-bond donors (Lipinski definition) is 2. The van der Waals surface area contributed by atoms with Gasteiger partial charge in [0.25, 0.3) is 0 Å². The van der Waals surface area contributed by atoms with Gasteiger partial charge in [0.2, 0.25) is 0 Å². The lowest BCUT2D eigenvalue weighted by Gasteiger charge is -2.36. The van der Waals surface area contributed by atoms with Crippen LogP contribution in [0.25, 0.3) is 10.9 Å². The first-order chi connectivity index (χ1) is 15.5. The van der Waals surface area contributed by atoms with Gasteiger partial charge in [-0.05, 0) is 56.0 Å². The van der Waals surface area contributed by atoms with E-state index in [2.05, 4.69) is 28.4 Å². The van der Waals surface area contributed by atoms with Gasteiger partial charge in [-0.2, -0.15) is 5.26 Å². The number of nitrogens with one attached hydrogen (secondary N) is 1. The number of nitrogens with two attached hydrogens (primary N) is 1. The molecule has 3 aromatic rings. The van der Waals surface area contributed by atoms with E-state index in [1.807, 2.05) is 32.3 Å². The normalized spacial score (nSPS) is 18.0. The highest BCUT2D eigenvalue weighted by Crippen LogP contribution is 2.31. The van der Waals surface area contributed by atoms with Crippen molar-refractivity contribution in [1.29, 1.82) is 5.26 Å². The van der Waals surface area contributed by atoms with E-state index in [0.717, 1.165) is 53.8 Å². The molecular formula is C25H28N6O. The minimum atomic E-state index is -0.460. The average Bonchev–Trinajstić information content (AvgIpc) is 2.80. The third-order valence-corrected chi connectivity index (χ3v) is 6.10. The molecule has 7 heteroatoms. The number of amides is 2. The fourth-order valence-electron chi connectivity index (χ4n) is 4.50. The summed E-state index contributed by atoms with van der Waals surface area (Å²) in [5.41, 5.74) is 9.11. The van der Waals surface area contributed by atoms with E-state index in [4.69, 9.17) is 16.0 Å². The predicted octanol–water partition coefficient (Wildman–Crippen LogP) is 4.48. The maximum Gasteiger partial charge on any atom is 0.319 e. The van der Waals surface area contributed by atoms with Crippen LogP contribution >= 0.6 is 0 Å². The second-order valence-electron chi connectivity index (χ2n) is 8.45. The molecule has 0 aliphatic heterocycles. The van der Waals surface area contributed by atoms with E-state index in [1.165, 1.54) is 0 Å². The van der Waals surface area contributed by atoms with Crippen molar-refractivity contribution in [2.75, 3.05) is 29.2 Å². The molecule has 4 rings (SSSR count). The van der Waals surface area contributed by atoms with Gasteiger partial charge >= 0.3 is 6.03 Å². The summed E-state index contributed by atoms with van der Waals surface area (Å²) >= 11 is 0. The summed E-state index contributed by atoms with van der Waals surface area (Å²) in [7, 11) is 4.08. The Morgan fingerprint density at radius 3 is 2.41 bits per heavy atom. The summed E-state index contributed by atoms with van der Waals surface area (Å²) in [5.74, 6) is 0.870. The number of benzene rings is 2. The van der Waals surface area contributed by atoms with Crippen LogP contribution in [-0.2, 0) is 0 Å². The standard InChI is InChI=1S/C25H28N6O/c1-30(2)23-15-24(29-22-6-4-3-5-21(22)23)28-18-9-13-20(14-10-18)31(25(27)32)19-11-7-17(16-26)8-12-19/h3-8,11-12,15,18,20H,9-10,13-14H2,1-2H3,(H2,27,32)(H,28,29)/t18-,20+. The van der Waals surface area contributed by atoms with Crippen molar-refractivity contribution in [3.63, 3.8) is 0 Å². The second-order valence-corrected chi connectivity index (χ2v) is 8.45. The van der Waals surface area contributed by atoms with E-state index >= 15 is 0 Å². The number of pyridine rings is 1. The number of nitriles is 1. The zero-order chi connectivity index (χ0) is 22.7. The van der Waals surface area contributed by atoms with Crippen molar-refractivity contribution >= 4 is 34.1 Å². The second kappa shape index (κ2) is 9.15. The molecule has 2 amide bonds. The van der Waals surface area contributed by atoms with Gasteiger partial charge in [-0.25, -0.2) is 9.78 Å². The van der Waals surface area contributed by atoms with Gasteiger partial charge in [0, 0.05) is 49.0 Å². The molecule has 1 saturated carbocycles. The highest BCUT2D eigenvalue weighted by molar-refractivity contribution is 5.93. The highest BCUT2D eigenvalue weighted by Gasteiger charge is 2.29. The zero-order valence-corrected chi connectivity index (χ0v) is 18.5. The van der Waals surface area contributed by atoms with Gasteiger partial charge in [0.1, 0.15) is 5.82 Å². The Kier molecular flexibility index (Phi) is 6.13. The molecule has 0 radical (unpaired) electrons. The molecule has 32 heavy (non-hydrogen) atoms. The minimum absolute atomic E-state index is 0.0420. The van der Waals surface area contributed by atoms with Crippen LogP contribution in [0.3, 0.4) is 0 Å². The lowest BCUT2D eigenvalue weighted by molar-refractivity contribution is 0.248. The topological polar surface area (TPSA) is 98.3 Å². The van der Waals surface area contributed by atoms with Crippen molar-refractivity contribution in [1.82, 2.24) is 4.98 Å². The van der Waals surface area contributed by atoms with Crippen LogP contribution in [0.15, 0.2) is 54.6 Å². The lowest BCUT2D eigenvalue weighted by atomic mass is 9.90. The lowest BCUT2D eigenvalue weighted by Crippen LogP contribution is -2.46. The Bertz CT molecular complexity index is 1140. The number of primary amides is 1. The first-order valence-electron chi connectivity index (χ1n) is 10.9. The van der Waals surface area contributed by atoms with Gasteiger partial charge in [-0.1, -0.05) is 18.2 Å². The molecule has 1 aliphatic carbocycles. The Morgan fingerprint density at radius 2 is 1.78 bits per heavy atom. The largest absolute Gasteiger partial charge is 0.377 e. The number of carbonyl (C=O) groups excluding carboxylic acids is 1. The number of rotatable bonds is 5. The van der Waals surface area contributed by atoms with Crippen molar-refractivity contribution in [2.45, 2.75) is 37.8 Å². The zero-order valence-electron chi connectivity index (χ0n) is 18.5. The number of para-hydroxylation sites is 1. The van der Waals surface area contributed by atoms with Crippen LogP contribution in [0, 0.1) is 11.3 Å². The molecule has 1 fully saturated rings. The maximum absolute atomic E-state index is 12.2. The van der Waals surface area contributed by atoms with Crippen LogP contribution in [0.5, 0.6) is 0 Å². The third kappa shape index (κ3) is 4.45. The summed E-state index contributed by atoms with van der Waals surface area (Å²) in [5, 5.41) is 13.7. The molecule has 1 heterocycles. The van der Waals surface area contributed by atoms with Crippen molar-refractivity contribution < 1.29 is 4.79 Å². The van der Waals surface area contributed by atoms with Crippen LogP contribution in [0.4, 0.5) is 22.0 Å². The SMILES string of the molecule is CN(C)c1cc(N[C@H]2CC[C@@H](N(C(N)=O)c3ccc(C#N)cc3)CC2)nc2ccccc12. The number of fused-ring (bicyclic) bond motifs is 1. The van der Waals surface area contributed by atoms with Gasteiger partial charge in [0.15, 0.2) is 0 Å². The molecule has 7 nitrogen and oxygen atoms in total. The minimum Gasteiger partial charge on any atom is -0.377 e. The van der Waals surface area contributed by atoms with Crippen LogP contribution in [-0.4, -0.2) is 37.2 Å². The number of urea groups is 1. The van der Waals surface area contributed by atoms with Gasteiger partial charge < -0.3 is 16.0 Å². The molecular weight excluding hydrogens is 400 g/mol. The Balaban J connectivity index is 1.46. The average molecular weight is 429 g/mol. The molecule has 0 bridgehead atoms.